The Balaban J connectivity index is 0.00000289. The molecule has 5 heteroatoms. The van der Waals surface area contributed by atoms with E-state index in [9.17, 15) is 4.79 Å². The molecule has 0 heterocycles. The summed E-state index contributed by atoms with van der Waals surface area (Å²) in [5.41, 5.74) is 5.82. The minimum Gasteiger partial charge on any atom is -0.352 e. The average molecular weight is 278 g/mol. The first-order valence-corrected chi connectivity index (χ1v) is 6.77. The van der Waals surface area contributed by atoms with Crippen LogP contribution in [0.2, 0.25) is 0 Å². The molecule has 1 aliphatic rings. The molecule has 0 aromatic heterocycles. The molecule has 0 radical (unpaired) electrons. The molecule has 4 nitrogen and oxygen atoms in total. The molecule has 3 N–H and O–H groups in total. The van der Waals surface area contributed by atoms with Crippen LogP contribution in [0.25, 0.3) is 0 Å². The van der Waals surface area contributed by atoms with Crippen molar-refractivity contribution in [2.45, 2.75) is 63.6 Å². The molecule has 3 unspecified atom stereocenters. The molecular weight excluding hydrogens is 250 g/mol. The van der Waals surface area contributed by atoms with Crippen LogP contribution < -0.4 is 11.1 Å². The number of amides is 1. The first kappa shape index (κ1) is 17.7. The molecule has 108 valence electrons. The van der Waals surface area contributed by atoms with Gasteiger partial charge in [0.1, 0.15) is 0 Å². The third kappa shape index (κ3) is 5.55. The van der Waals surface area contributed by atoms with Crippen molar-refractivity contribution in [1.82, 2.24) is 10.2 Å². The number of hydrogen-bond donors (Lipinski definition) is 2. The van der Waals surface area contributed by atoms with E-state index in [2.05, 4.69) is 31.2 Å². The smallest absolute Gasteiger partial charge is 0.237 e. The molecule has 1 fully saturated rings. The van der Waals surface area contributed by atoms with Crippen LogP contribution in [0.15, 0.2) is 0 Å². The summed E-state index contributed by atoms with van der Waals surface area (Å²) in [5.74, 6) is 0.0243. The SMILES string of the molecule is CCCC(N)C(=O)NC1CCCC(N(C)C)C1.Cl. The zero-order valence-corrected chi connectivity index (χ0v) is 12.6. The lowest BCUT2D eigenvalue weighted by atomic mass is 9.90. The van der Waals surface area contributed by atoms with Crippen LogP contribution in [0.1, 0.15) is 45.4 Å². The molecule has 1 aliphatic carbocycles. The summed E-state index contributed by atoms with van der Waals surface area (Å²) in [5, 5.41) is 3.10. The standard InChI is InChI=1S/C13H27N3O.ClH/c1-4-6-12(14)13(17)15-10-7-5-8-11(9-10)16(2)3;/h10-12H,4-9,14H2,1-3H3,(H,15,17);1H. The van der Waals surface area contributed by atoms with Gasteiger partial charge >= 0.3 is 0 Å². The fourth-order valence-electron chi connectivity index (χ4n) is 2.51. The largest absolute Gasteiger partial charge is 0.352 e. The van der Waals surface area contributed by atoms with Crippen LogP contribution in [0.4, 0.5) is 0 Å². The van der Waals surface area contributed by atoms with Crippen LogP contribution in [-0.2, 0) is 4.79 Å². The van der Waals surface area contributed by atoms with Crippen LogP contribution >= 0.6 is 12.4 Å². The summed E-state index contributed by atoms with van der Waals surface area (Å²) in [6.45, 7) is 2.05. The van der Waals surface area contributed by atoms with Crippen LogP contribution in [0, 0.1) is 0 Å². The maximum Gasteiger partial charge on any atom is 0.237 e. The van der Waals surface area contributed by atoms with Gasteiger partial charge in [-0.3, -0.25) is 4.79 Å². The first-order valence-electron chi connectivity index (χ1n) is 6.77. The highest BCUT2D eigenvalue weighted by atomic mass is 35.5. The summed E-state index contributed by atoms with van der Waals surface area (Å²) >= 11 is 0. The van der Waals surface area contributed by atoms with Crippen molar-refractivity contribution >= 4 is 18.3 Å². The summed E-state index contributed by atoms with van der Waals surface area (Å²) in [6.07, 6.45) is 6.30. The fraction of sp³-hybridized carbons (Fsp3) is 0.923. The molecular formula is C13H28ClN3O. The quantitative estimate of drug-likeness (QED) is 0.801. The van der Waals surface area contributed by atoms with Crippen molar-refractivity contribution in [3.63, 3.8) is 0 Å². The minimum atomic E-state index is -0.334. The number of halogens is 1. The van der Waals surface area contributed by atoms with Gasteiger partial charge in [0.15, 0.2) is 0 Å². The number of rotatable bonds is 5. The van der Waals surface area contributed by atoms with Gasteiger partial charge in [0, 0.05) is 12.1 Å². The van der Waals surface area contributed by atoms with Crippen LogP contribution in [0.3, 0.4) is 0 Å². The second kappa shape index (κ2) is 8.73. The normalized spacial score (nSPS) is 25.4. The monoisotopic (exact) mass is 277 g/mol. The summed E-state index contributed by atoms with van der Waals surface area (Å²) in [4.78, 5) is 14.1. The lowest BCUT2D eigenvalue weighted by molar-refractivity contribution is -0.123. The highest BCUT2D eigenvalue weighted by Gasteiger charge is 2.25. The predicted molar refractivity (Wildman–Crippen MR) is 78.0 cm³/mol. The van der Waals surface area contributed by atoms with E-state index < -0.39 is 0 Å². The zero-order valence-electron chi connectivity index (χ0n) is 11.8. The lowest BCUT2D eigenvalue weighted by Crippen LogP contribution is -2.49. The molecule has 0 spiro atoms. The minimum absolute atomic E-state index is 0. The van der Waals surface area contributed by atoms with Gasteiger partial charge in [0.25, 0.3) is 0 Å². The molecule has 3 atom stereocenters. The fourth-order valence-corrected chi connectivity index (χ4v) is 2.51. The number of carbonyl (C=O) groups excluding carboxylic acids is 1. The van der Waals surface area contributed by atoms with Crippen molar-refractivity contribution in [3.8, 4) is 0 Å². The van der Waals surface area contributed by atoms with Crippen LogP contribution in [-0.4, -0.2) is 43.0 Å². The third-order valence-electron chi connectivity index (χ3n) is 3.66. The Hall–Kier alpha value is -0.320. The molecule has 0 bridgehead atoms. The third-order valence-corrected chi connectivity index (χ3v) is 3.66. The van der Waals surface area contributed by atoms with E-state index in [1.54, 1.807) is 0 Å². The number of carbonyl (C=O) groups is 1. The van der Waals surface area contributed by atoms with E-state index in [0.717, 1.165) is 25.7 Å². The van der Waals surface area contributed by atoms with E-state index in [0.29, 0.717) is 12.1 Å². The summed E-state index contributed by atoms with van der Waals surface area (Å²) < 4.78 is 0. The van der Waals surface area contributed by atoms with E-state index >= 15 is 0 Å². The zero-order chi connectivity index (χ0) is 12.8. The molecule has 0 saturated heterocycles. The maximum absolute atomic E-state index is 11.8. The summed E-state index contributed by atoms with van der Waals surface area (Å²) in [7, 11) is 4.22. The molecule has 1 rings (SSSR count). The molecule has 1 amide bonds. The van der Waals surface area contributed by atoms with E-state index in [1.807, 2.05) is 0 Å². The van der Waals surface area contributed by atoms with Crippen molar-refractivity contribution in [3.05, 3.63) is 0 Å². The highest BCUT2D eigenvalue weighted by Crippen LogP contribution is 2.21. The molecule has 0 aliphatic heterocycles. The molecule has 1 saturated carbocycles. The molecule has 0 aromatic carbocycles. The highest BCUT2D eigenvalue weighted by molar-refractivity contribution is 5.85. The summed E-state index contributed by atoms with van der Waals surface area (Å²) in [6, 6.07) is 0.572. The number of hydrogen-bond acceptors (Lipinski definition) is 3. The van der Waals surface area contributed by atoms with Gasteiger partial charge in [-0.1, -0.05) is 13.3 Å². The van der Waals surface area contributed by atoms with Gasteiger partial charge in [0.05, 0.1) is 6.04 Å². The Bertz CT molecular complexity index is 248. The Morgan fingerprint density at radius 3 is 2.67 bits per heavy atom. The van der Waals surface area contributed by atoms with Gasteiger partial charge < -0.3 is 16.0 Å². The van der Waals surface area contributed by atoms with Crippen molar-refractivity contribution in [2.75, 3.05) is 14.1 Å². The van der Waals surface area contributed by atoms with Crippen molar-refractivity contribution in [1.29, 1.82) is 0 Å². The second-order valence-corrected chi connectivity index (χ2v) is 5.38. The number of nitrogens with zero attached hydrogens (tertiary/aromatic N) is 1. The van der Waals surface area contributed by atoms with Gasteiger partial charge in [-0.15, -0.1) is 12.4 Å². The topological polar surface area (TPSA) is 58.4 Å². The molecule has 18 heavy (non-hydrogen) atoms. The van der Waals surface area contributed by atoms with Crippen molar-refractivity contribution < 1.29 is 4.79 Å². The number of nitrogens with two attached hydrogens (primary N) is 1. The van der Waals surface area contributed by atoms with E-state index in [4.69, 9.17) is 5.73 Å². The predicted octanol–water partition coefficient (Wildman–Crippen LogP) is 1.52. The van der Waals surface area contributed by atoms with Crippen molar-refractivity contribution in [2.24, 2.45) is 5.73 Å². The van der Waals surface area contributed by atoms with Crippen LogP contribution in [0.5, 0.6) is 0 Å². The maximum atomic E-state index is 11.8. The van der Waals surface area contributed by atoms with Gasteiger partial charge in [-0.2, -0.15) is 0 Å². The lowest BCUT2D eigenvalue weighted by Gasteiger charge is -2.34. The Labute approximate surface area is 117 Å². The van der Waals surface area contributed by atoms with E-state index in [-0.39, 0.29) is 24.4 Å². The molecule has 0 aromatic rings. The number of nitrogens with one attached hydrogen (secondary N) is 1. The Morgan fingerprint density at radius 1 is 1.44 bits per heavy atom. The van der Waals surface area contributed by atoms with E-state index in [1.165, 1.54) is 12.8 Å². The van der Waals surface area contributed by atoms with Gasteiger partial charge in [-0.25, -0.2) is 0 Å². The van der Waals surface area contributed by atoms with Gasteiger partial charge in [0.2, 0.25) is 5.91 Å². The average Bonchev–Trinajstić information content (AvgIpc) is 2.29. The Kier molecular flexibility index (Phi) is 8.57. The van der Waals surface area contributed by atoms with Gasteiger partial charge in [-0.05, 0) is 46.2 Å². The first-order chi connectivity index (χ1) is 8.04. The Morgan fingerprint density at radius 2 is 2.11 bits per heavy atom. The second-order valence-electron chi connectivity index (χ2n) is 5.38.